The summed E-state index contributed by atoms with van der Waals surface area (Å²) in [5.41, 5.74) is 0. The average Bonchev–Trinajstić information content (AvgIpc) is 2.18. The molecule has 7 heteroatoms. The zero-order valence-electron chi connectivity index (χ0n) is 7.59. The molecule has 0 radical (unpaired) electrons. The summed E-state index contributed by atoms with van der Waals surface area (Å²) in [4.78, 5) is 0. The summed E-state index contributed by atoms with van der Waals surface area (Å²) in [6.45, 7) is 0.206. The minimum absolute atomic E-state index is 0.183. The van der Waals surface area contributed by atoms with E-state index in [2.05, 4.69) is 0 Å². The lowest BCUT2D eigenvalue weighted by molar-refractivity contribution is 0.202. The molecule has 0 amide bonds. The molecular weight excluding hydrogens is 224 g/mol. The highest BCUT2D eigenvalue weighted by Gasteiger charge is 2.31. The fourth-order valence-corrected chi connectivity index (χ4v) is 3.87. The summed E-state index contributed by atoms with van der Waals surface area (Å²) in [6.07, 6.45) is 0. The van der Waals surface area contributed by atoms with Gasteiger partial charge in [-0.15, -0.1) is 0 Å². The van der Waals surface area contributed by atoms with Crippen LogP contribution in [0.25, 0.3) is 0 Å². The highest BCUT2D eigenvalue weighted by atomic mass is 32.2. The van der Waals surface area contributed by atoms with Crippen molar-refractivity contribution in [1.29, 1.82) is 5.26 Å². The Hall–Kier alpha value is -0.290. The molecule has 1 saturated heterocycles. The third kappa shape index (κ3) is 2.60. The molecule has 1 aliphatic rings. The van der Waals surface area contributed by atoms with Crippen molar-refractivity contribution < 1.29 is 13.5 Å². The van der Waals surface area contributed by atoms with E-state index in [0.29, 0.717) is 12.3 Å². The van der Waals surface area contributed by atoms with Crippen LogP contribution in [0.2, 0.25) is 0 Å². The first-order valence-corrected chi connectivity index (χ1v) is 6.93. The molecule has 80 valence electrons. The van der Waals surface area contributed by atoms with E-state index in [0.717, 1.165) is 5.75 Å². The molecule has 1 fully saturated rings. The third-order valence-electron chi connectivity index (χ3n) is 1.99. The molecule has 0 spiro atoms. The van der Waals surface area contributed by atoms with Gasteiger partial charge in [-0.2, -0.15) is 21.3 Å². The van der Waals surface area contributed by atoms with E-state index in [9.17, 15) is 8.42 Å². The molecule has 1 atom stereocenters. The standard InChI is InChI=1S/C7H12N2O3S2/c8-1-4-14(11,12)9-2-3-13-6-7(9)5-10/h7,10H,2-6H2. The number of nitrogens with zero attached hydrogens (tertiary/aromatic N) is 2. The van der Waals surface area contributed by atoms with Gasteiger partial charge in [0, 0.05) is 18.1 Å². The van der Waals surface area contributed by atoms with Gasteiger partial charge in [-0.1, -0.05) is 0 Å². The summed E-state index contributed by atoms with van der Waals surface area (Å²) in [5, 5.41) is 17.4. The van der Waals surface area contributed by atoms with Gasteiger partial charge in [-0.3, -0.25) is 0 Å². The number of thioether (sulfide) groups is 1. The second-order valence-corrected chi connectivity index (χ2v) is 6.01. The molecule has 0 aromatic rings. The van der Waals surface area contributed by atoms with Crippen LogP contribution in [-0.2, 0) is 10.0 Å². The highest BCUT2D eigenvalue weighted by molar-refractivity contribution is 7.99. The monoisotopic (exact) mass is 236 g/mol. The quantitative estimate of drug-likeness (QED) is 0.697. The second kappa shape index (κ2) is 4.98. The Balaban J connectivity index is 2.78. The predicted octanol–water partition coefficient (Wildman–Crippen LogP) is -0.751. The number of nitriles is 1. The van der Waals surface area contributed by atoms with E-state index in [1.807, 2.05) is 0 Å². The lowest BCUT2D eigenvalue weighted by atomic mass is 10.3. The second-order valence-electron chi connectivity index (χ2n) is 2.94. The van der Waals surface area contributed by atoms with Gasteiger partial charge in [0.25, 0.3) is 0 Å². The SMILES string of the molecule is N#CCS(=O)(=O)N1CCSCC1CO. The number of sulfonamides is 1. The van der Waals surface area contributed by atoms with Crippen LogP contribution in [-0.4, -0.2) is 54.3 Å². The minimum Gasteiger partial charge on any atom is -0.395 e. The van der Waals surface area contributed by atoms with E-state index in [4.69, 9.17) is 10.4 Å². The molecule has 5 nitrogen and oxygen atoms in total. The molecule has 0 aromatic carbocycles. The van der Waals surface area contributed by atoms with E-state index in [-0.39, 0.29) is 12.6 Å². The van der Waals surface area contributed by atoms with Crippen LogP contribution in [0.15, 0.2) is 0 Å². The van der Waals surface area contributed by atoms with Gasteiger partial charge in [0.2, 0.25) is 10.0 Å². The maximum absolute atomic E-state index is 11.5. The molecule has 1 unspecified atom stereocenters. The Morgan fingerprint density at radius 2 is 2.36 bits per heavy atom. The summed E-state index contributed by atoms with van der Waals surface area (Å²) >= 11 is 1.62. The van der Waals surface area contributed by atoms with Crippen molar-refractivity contribution in [3.8, 4) is 6.07 Å². The van der Waals surface area contributed by atoms with E-state index >= 15 is 0 Å². The van der Waals surface area contributed by atoms with Gasteiger partial charge in [0.1, 0.15) is 0 Å². The maximum atomic E-state index is 11.5. The fourth-order valence-electron chi connectivity index (χ4n) is 1.31. The molecule has 1 aliphatic heterocycles. The van der Waals surface area contributed by atoms with Gasteiger partial charge in [-0.25, -0.2) is 8.42 Å². The van der Waals surface area contributed by atoms with Crippen molar-refractivity contribution in [1.82, 2.24) is 4.31 Å². The zero-order chi connectivity index (χ0) is 10.6. The van der Waals surface area contributed by atoms with Crippen LogP contribution >= 0.6 is 11.8 Å². The zero-order valence-corrected chi connectivity index (χ0v) is 9.22. The van der Waals surface area contributed by atoms with Crippen LogP contribution in [0.4, 0.5) is 0 Å². The Morgan fingerprint density at radius 3 is 2.93 bits per heavy atom. The normalized spacial score (nSPS) is 24.4. The Morgan fingerprint density at radius 1 is 1.64 bits per heavy atom. The smallest absolute Gasteiger partial charge is 0.227 e. The number of hydrogen-bond donors (Lipinski definition) is 1. The van der Waals surface area contributed by atoms with Crippen LogP contribution in [0.5, 0.6) is 0 Å². The van der Waals surface area contributed by atoms with Crippen molar-refractivity contribution in [3.05, 3.63) is 0 Å². The van der Waals surface area contributed by atoms with Gasteiger partial charge in [0.05, 0.1) is 18.7 Å². The van der Waals surface area contributed by atoms with Crippen molar-refractivity contribution in [2.45, 2.75) is 6.04 Å². The van der Waals surface area contributed by atoms with Crippen molar-refractivity contribution in [2.75, 3.05) is 30.4 Å². The first-order valence-electron chi connectivity index (χ1n) is 4.17. The largest absolute Gasteiger partial charge is 0.395 e. The highest BCUT2D eigenvalue weighted by Crippen LogP contribution is 2.19. The number of aliphatic hydroxyl groups excluding tert-OH is 1. The average molecular weight is 236 g/mol. The molecule has 0 saturated carbocycles. The molecular formula is C7H12N2O3S2. The molecule has 14 heavy (non-hydrogen) atoms. The van der Waals surface area contributed by atoms with Crippen LogP contribution in [0, 0.1) is 11.3 Å². The van der Waals surface area contributed by atoms with E-state index in [1.165, 1.54) is 4.31 Å². The van der Waals surface area contributed by atoms with Gasteiger partial charge < -0.3 is 5.11 Å². The van der Waals surface area contributed by atoms with Crippen LogP contribution in [0.1, 0.15) is 0 Å². The van der Waals surface area contributed by atoms with Crippen molar-refractivity contribution >= 4 is 21.8 Å². The summed E-state index contributed by atoms with van der Waals surface area (Å²) in [6, 6.07) is 1.26. The van der Waals surface area contributed by atoms with E-state index < -0.39 is 15.8 Å². The molecule has 1 N–H and O–H groups in total. The van der Waals surface area contributed by atoms with Crippen molar-refractivity contribution in [3.63, 3.8) is 0 Å². The van der Waals surface area contributed by atoms with Gasteiger partial charge >= 0.3 is 0 Å². The van der Waals surface area contributed by atoms with E-state index in [1.54, 1.807) is 17.8 Å². The number of rotatable bonds is 3. The lowest BCUT2D eigenvalue weighted by Gasteiger charge is -2.32. The maximum Gasteiger partial charge on any atom is 0.227 e. The molecule has 1 rings (SSSR count). The van der Waals surface area contributed by atoms with Crippen LogP contribution in [0.3, 0.4) is 0 Å². The Kier molecular flexibility index (Phi) is 4.19. The Labute approximate surface area is 87.8 Å². The summed E-state index contributed by atoms with van der Waals surface area (Å²) < 4.78 is 24.3. The third-order valence-corrected chi connectivity index (χ3v) is 4.77. The molecule has 0 aromatic heterocycles. The molecule has 0 aliphatic carbocycles. The van der Waals surface area contributed by atoms with Gasteiger partial charge in [0.15, 0.2) is 5.75 Å². The van der Waals surface area contributed by atoms with Crippen molar-refractivity contribution in [2.24, 2.45) is 0 Å². The Bertz CT molecular complexity index is 322. The summed E-state index contributed by atoms with van der Waals surface area (Å²) in [7, 11) is -3.50. The van der Waals surface area contributed by atoms with Gasteiger partial charge in [-0.05, 0) is 0 Å². The lowest BCUT2D eigenvalue weighted by Crippen LogP contribution is -2.48. The summed E-state index contributed by atoms with van der Waals surface area (Å²) in [5.74, 6) is 0.816. The first-order chi connectivity index (χ1) is 6.61. The number of hydrogen-bond acceptors (Lipinski definition) is 5. The van der Waals surface area contributed by atoms with Crippen LogP contribution < -0.4 is 0 Å². The first kappa shape index (κ1) is 11.8. The predicted molar refractivity (Wildman–Crippen MR) is 54.3 cm³/mol. The molecule has 1 heterocycles. The molecule has 0 bridgehead atoms. The topological polar surface area (TPSA) is 81.4 Å². The minimum atomic E-state index is -3.50. The number of aliphatic hydroxyl groups is 1. The fraction of sp³-hybridized carbons (Fsp3) is 0.857.